The highest BCUT2D eigenvalue weighted by molar-refractivity contribution is 7.85. The van der Waals surface area contributed by atoms with Crippen LogP contribution >= 0.6 is 0 Å². The molecule has 1 N–H and O–H groups in total. The Morgan fingerprint density at radius 2 is 1.65 bits per heavy atom. The molecule has 4 nitrogen and oxygen atoms in total. The topological polar surface area (TPSA) is 49.4 Å². The van der Waals surface area contributed by atoms with Crippen LogP contribution in [0.15, 0.2) is 18.2 Å². The maximum Gasteiger partial charge on any atom is 0.435 e. The van der Waals surface area contributed by atoms with Crippen LogP contribution < -0.4 is 5.32 Å². The van der Waals surface area contributed by atoms with Gasteiger partial charge >= 0.3 is 24.1 Å². The van der Waals surface area contributed by atoms with Crippen molar-refractivity contribution < 1.29 is 39.7 Å². The lowest BCUT2D eigenvalue weighted by Crippen LogP contribution is -2.50. The van der Waals surface area contributed by atoms with E-state index < -0.39 is 34.4 Å². The van der Waals surface area contributed by atoms with Gasteiger partial charge in [0.1, 0.15) is 0 Å². The molecular weight excluding hydrogens is 489 g/mol. The minimum atomic E-state index is -6.15. The monoisotopic (exact) mass is 514 g/mol. The Kier molecular flexibility index (Phi) is 6.67. The van der Waals surface area contributed by atoms with Crippen molar-refractivity contribution in [2.45, 2.75) is 62.1 Å². The summed E-state index contributed by atoms with van der Waals surface area (Å²) < 4.78 is 105. The fraction of sp³-hybridized carbons (Fsp3) is 0.682. The zero-order valence-electron chi connectivity index (χ0n) is 18.1. The highest BCUT2D eigenvalue weighted by Crippen LogP contribution is 2.54. The van der Waals surface area contributed by atoms with Crippen molar-refractivity contribution in [2.24, 2.45) is 5.92 Å². The first-order valence-electron chi connectivity index (χ1n) is 11.2. The summed E-state index contributed by atoms with van der Waals surface area (Å²) in [6.07, 6.45) is -9.70. The van der Waals surface area contributed by atoms with E-state index in [2.05, 4.69) is 5.32 Å². The Hall–Kier alpha value is -1.85. The number of hydrogen-bond donors (Lipinski definition) is 1. The maximum atomic E-state index is 14.5. The summed E-state index contributed by atoms with van der Waals surface area (Å²) in [7, 11) is -0.793. The van der Waals surface area contributed by atoms with E-state index in [0.29, 0.717) is 55.1 Å². The first-order valence-corrected chi connectivity index (χ1v) is 12.7. The average molecular weight is 515 g/mol. The Balaban J connectivity index is 1.48. The van der Waals surface area contributed by atoms with Crippen molar-refractivity contribution >= 4 is 16.8 Å². The lowest BCUT2D eigenvalue weighted by Gasteiger charge is -2.35. The van der Waals surface area contributed by atoms with E-state index in [0.717, 1.165) is 18.9 Å². The van der Waals surface area contributed by atoms with Gasteiger partial charge in [0.15, 0.2) is 0 Å². The number of nitrogens with zero attached hydrogens (tertiary/aromatic N) is 1. The second-order valence-electron chi connectivity index (χ2n) is 9.24. The van der Waals surface area contributed by atoms with Crippen molar-refractivity contribution in [1.82, 2.24) is 10.2 Å². The highest BCUT2D eigenvalue weighted by atomic mass is 32.2. The zero-order chi connectivity index (χ0) is 24.9. The van der Waals surface area contributed by atoms with Crippen molar-refractivity contribution in [1.29, 1.82) is 0 Å². The van der Waals surface area contributed by atoms with E-state index in [-0.39, 0.29) is 35.9 Å². The molecule has 2 amide bonds. The van der Waals surface area contributed by atoms with Crippen molar-refractivity contribution in [3.8, 4) is 0 Å². The molecule has 0 aromatic heterocycles. The van der Waals surface area contributed by atoms with Gasteiger partial charge in [-0.05, 0) is 49.1 Å². The third-order valence-electron chi connectivity index (χ3n) is 7.29. The van der Waals surface area contributed by atoms with E-state index in [9.17, 15) is 39.7 Å². The number of urea groups is 1. The lowest BCUT2D eigenvalue weighted by atomic mass is 9.77. The van der Waals surface area contributed by atoms with Gasteiger partial charge in [0.25, 0.3) is 0 Å². The summed E-state index contributed by atoms with van der Waals surface area (Å²) in [6, 6.07) is 1.92. The minimum absolute atomic E-state index is 0.147. The summed E-state index contributed by atoms with van der Waals surface area (Å²) in [5.41, 5.74) is -6.09. The molecule has 2 heterocycles. The summed E-state index contributed by atoms with van der Waals surface area (Å²) in [5.74, 6) is 1.27. The van der Waals surface area contributed by atoms with Gasteiger partial charge in [-0.2, -0.15) is 26.3 Å². The molecule has 0 spiro atoms. The number of halogens is 7. The SMILES string of the molecule is O=C(NCC1CCS(=O)CC1)N1CC[C@H]2c3ccc(C(F)(C(F)(F)F)C(F)(F)F)cc3CC[C@H]21. The third-order valence-corrected chi connectivity index (χ3v) is 8.67. The Bertz CT molecular complexity index is 942. The van der Waals surface area contributed by atoms with Gasteiger partial charge in [-0.3, -0.25) is 4.21 Å². The molecule has 3 aliphatic rings. The van der Waals surface area contributed by atoms with Crippen molar-refractivity contribution in [3.05, 3.63) is 34.9 Å². The molecule has 190 valence electrons. The van der Waals surface area contributed by atoms with Crippen LogP contribution in [0.25, 0.3) is 0 Å². The summed E-state index contributed by atoms with van der Waals surface area (Å²) in [5, 5.41) is 2.92. The molecule has 0 radical (unpaired) electrons. The van der Waals surface area contributed by atoms with Crippen LogP contribution in [-0.4, -0.2) is 58.1 Å². The standard InChI is InChI=1S/C22H25F7N2O2S/c23-20(21(24,25)26,22(27,28)29)15-2-3-16-14(11-15)1-4-18-17(16)5-8-31(18)19(32)30-12-13-6-9-34(33)10-7-13/h2-3,11,13,17-18H,1,4-10,12H2,(H,30,32)/t13?,17-,18+,34?/m0/s1. The molecule has 4 rings (SSSR count). The van der Waals surface area contributed by atoms with E-state index in [1.54, 1.807) is 4.90 Å². The van der Waals surface area contributed by atoms with Gasteiger partial charge < -0.3 is 10.2 Å². The lowest BCUT2D eigenvalue weighted by molar-refractivity contribution is -0.348. The van der Waals surface area contributed by atoms with Gasteiger partial charge in [0.2, 0.25) is 0 Å². The summed E-state index contributed by atoms with van der Waals surface area (Å²) >= 11 is 0. The fourth-order valence-corrected chi connectivity index (χ4v) is 6.79. The maximum absolute atomic E-state index is 14.5. The number of rotatable bonds is 3. The first-order chi connectivity index (χ1) is 15.8. The van der Waals surface area contributed by atoms with Gasteiger partial charge in [-0.25, -0.2) is 9.18 Å². The predicted octanol–water partition coefficient (Wildman–Crippen LogP) is 4.95. The molecule has 34 heavy (non-hydrogen) atoms. The normalized spacial score (nSPS) is 27.8. The van der Waals surface area contributed by atoms with Crippen molar-refractivity contribution in [3.63, 3.8) is 0 Å². The molecule has 2 atom stereocenters. The van der Waals surface area contributed by atoms with Crippen LogP contribution in [-0.2, 0) is 22.9 Å². The summed E-state index contributed by atoms with van der Waals surface area (Å²) in [6.45, 7) is 0.881. The summed E-state index contributed by atoms with van der Waals surface area (Å²) in [4.78, 5) is 14.5. The molecule has 1 aromatic carbocycles. The van der Waals surface area contributed by atoms with Crippen LogP contribution in [0, 0.1) is 5.92 Å². The molecule has 1 aromatic rings. The molecule has 0 bridgehead atoms. The van der Waals surface area contributed by atoms with Crippen LogP contribution in [0.4, 0.5) is 35.5 Å². The van der Waals surface area contributed by atoms with Gasteiger partial charge in [-0.1, -0.05) is 18.2 Å². The third kappa shape index (κ3) is 4.42. The number of amides is 2. The van der Waals surface area contributed by atoms with Gasteiger partial charge in [0.05, 0.1) is 0 Å². The minimum Gasteiger partial charge on any atom is -0.338 e. The number of carbonyl (C=O) groups is 1. The molecule has 2 aliphatic heterocycles. The van der Waals surface area contributed by atoms with Crippen molar-refractivity contribution in [2.75, 3.05) is 24.6 Å². The number of carbonyl (C=O) groups excluding carboxylic acids is 1. The van der Waals surface area contributed by atoms with E-state index >= 15 is 0 Å². The van der Waals surface area contributed by atoms with Crippen LogP contribution in [0.3, 0.4) is 0 Å². The first kappa shape index (κ1) is 25.2. The fourth-order valence-electron chi connectivity index (χ4n) is 5.40. The number of hydrogen-bond acceptors (Lipinski definition) is 2. The van der Waals surface area contributed by atoms with Gasteiger partial charge in [0, 0.05) is 52.9 Å². The van der Waals surface area contributed by atoms with Crippen LogP contribution in [0.5, 0.6) is 0 Å². The molecule has 2 saturated heterocycles. The number of fused-ring (bicyclic) bond motifs is 3. The molecule has 0 saturated carbocycles. The molecule has 12 heteroatoms. The molecule has 2 fully saturated rings. The quantitative estimate of drug-likeness (QED) is 0.581. The zero-order valence-corrected chi connectivity index (χ0v) is 19.0. The van der Waals surface area contributed by atoms with E-state index in [4.69, 9.17) is 0 Å². The Labute approximate surface area is 194 Å². The second kappa shape index (κ2) is 8.98. The number of alkyl halides is 7. The Morgan fingerprint density at radius 3 is 2.26 bits per heavy atom. The average Bonchev–Trinajstić information content (AvgIpc) is 3.20. The second-order valence-corrected chi connectivity index (χ2v) is 10.9. The Morgan fingerprint density at radius 1 is 1.00 bits per heavy atom. The van der Waals surface area contributed by atoms with E-state index in [1.165, 1.54) is 0 Å². The highest BCUT2D eigenvalue weighted by Gasteiger charge is 2.73. The molecule has 0 unspecified atom stereocenters. The number of nitrogens with one attached hydrogen (secondary N) is 1. The van der Waals surface area contributed by atoms with Crippen LogP contribution in [0.1, 0.15) is 48.3 Å². The largest absolute Gasteiger partial charge is 0.435 e. The number of benzene rings is 1. The molecule has 1 aliphatic carbocycles. The smallest absolute Gasteiger partial charge is 0.338 e. The van der Waals surface area contributed by atoms with Gasteiger partial charge in [-0.15, -0.1) is 0 Å². The number of aryl methyl sites for hydroxylation is 1. The predicted molar refractivity (Wildman–Crippen MR) is 112 cm³/mol. The number of likely N-dealkylation sites (tertiary alicyclic amines) is 1. The van der Waals surface area contributed by atoms with Crippen LogP contribution in [0.2, 0.25) is 0 Å². The molecular formula is C22H25F7N2O2S. The van der Waals surface area contributed by atoms with E-state index in [1.807, 2.05) is 0 Å².